The third-order valence-electron chi connectivity index (χ3n) is 3.06. The topological polar surface area (TPSA) is 12.0 Å². The number of nitrogens with one attached hydrogen (secondary N) is 1. The molecule has 88 valence electrons. The summed E-state index contributed by atoms with van der Waals surface area (Å²) >= 11 is 3.80. The summed E-state index contributed by atoms with van der Waals surface area (Å²) in [5.41, 5.74) is 1.47. The second-order valence-corrected chi connectivity index (χ2v) is 6.36. The van der Waals surface area contributed by atoms with E-state index in [0.29, 0.717) is 6.04 Å². The Morgan fingerprint density at radius 2 is 2.12 bits per heavy atom. The Hall–Kier alpha value is -0.770. The van der Waals surface area contributed by atoms with E-state index in [1.807, 2.05) is 23.1 Å². The summed E-state index contributed by atoms with van der Waals surface area (Å²) in [4.78, 5) is 2.86. The quantitative estimate of drug-likeness (QED) is 0.893. The van der Waals surface area contributed by atoms with Gasteiger partial charge in [-0.25, -0.2) is 0 Å². The number of thioether (sulfide) groups is 1. The summed E-state index contributed by atoms with van der Waals surface area (Å²) in [5.74, 6) is 1.22. The number of thiophene rings is 1. The van der Waals surface area contributed by atoms with Gasteiger partial charge in [0.25, 0.3) is 0 Å². The first-order valence-electron chi connectivity index (χ1n) is 5.91. The molecule has 0 saturated heterocycles. The van der Waals surface area contributed by atoms with Gasteiger partial charge in [0.2, 0.25) is 0 Å². The monoisotopic (exact) mass is 261 g/mol. The van der Waals surface area contributed by atoms with Crippen molar-refractivity contribution in [2.24, 2.45) is 0 Å². The minimum atomic E-state index is 0.523. The Morgan fingerprint density at radius 1 is 1.18 bits per heavy atom. The molecule has 1 nitrogen and oxygen atoms in total. The lowest BCUT2D eigenvalue weighted by Crippen LogP contribution is -2.23. The van der Waals surface area contributed by atoms with Gasteiger partial charge in [0.15, 0.2) is 0 Å². The third-order valence-corrected chi connectivity index (χ3v) is 5.06. The smallest absolute Gasteiger partial charge is 0.0342 e. The van der Waals surface area contributed by atoms with Crippen molar-refractivity contribution in [1.29, 1.82) is 0 Å². The van der Waals surface area contributed by atoms with Gasteiger partial charge < -0.3 is 5.32 Å². The molecular weight excluding hydrogens is 246 g/mol. The molecule has 2 heterocycles. The largest absolute Gasteiger partial charge is 0.305 e. The lowest BCUT2D eigenvalue weighted by Gasteiger charge is -2.25. The molecule has 0 amide bonds. The van der Waals surface area contributed by atoms with Gasteiger partial charge in [0.1, 0.15) is 0 Å². The predicted octanol–water partition coefficient (Wildman–Crippen LogP) is 4.07. The fourth-order valence-corrected chi connectivity index (χ4v) is 3.97. The highest BCUT2D eigenvalue weighted by molar-refractivity contribution is 7.99. The lowest BCUT2D eigenvalue weighted by molar-refractivity contribution is 0.513. The Balaban J connectivity index is 1.72. The highest BCUT2D eigenvalue weighted by atomic mass is 32.2. The average Bonchev–Trinajstić information content (AvgIpc) is 2.89. The van der Waals surface area contributed by atoms with E-state index in [2.05, 4.69) is 47.1 Å². The second kappa shape index (κ2) is 5.25. The van der Waals surface area contributed by atoms with E-state index in [1.165, 1.54) is 27.5 Å². The van der Waals surface area contributed by atoms with Crippen molar-refractivity contribution in [3.63, 3.8) is 0 Å². The number of hydrogen-bond acceptors (Lipinski definition) is 3. The standard InChI is InChI=1S/C14H15NS2/c1-2-6-14-12(5-1)13(7-9-17-14)15-10-11-4-3-8-16-11/h1-6,8,13,15H,7,9-10H2. The molecule has 0 saturated carbocycles. The molecule has 3 rings (SSSR count). The van der Waals surface area contributed by atoms with Gasteiger partial charge in [-0.2, -0.15) is 0 Å². The van der Waals surface area contributed by atoms with Crippen molar-refractivity contribution in [2.45, 2.75) is 23.9 Å². The molecule has 0 radical (unpaired) electrons. The maximum absolute atomic E-state index is 3.68. The number of fused-ring (bicyclic) bond motifs is 1. The van der Waals surface area contributed by atoms with E-state index < -0.39 is 0 Å². The van der Waals surface area contributed by atoms with Crippen LogP contribution in [-0.2, 0) is 6.54 Å². The van der Waals surface area contributed by atoms with Crippen LogP contribution in [-0.4, -0.2) is 5.75 Å². The minimum Gasteiger partial charge on any atom is -0.305 e. The van der Waals surface area contributed by atoms with Crippen LogP contribution in [0, 0.1) is 0 Å². The van der Waals surface area contributed by atoms with Crippen molar-refractivity contribution in [3.8, 4) is 0 Å². The summed E-state index contributed by atoms with van der Waals surface area (Å²) in [7, 11) is 0. The maximum Gasteiger partial charge on any atom is 0.0342 e. The van der Waals surface area contributed by atoms with Crippen LogP contribution in [0.25, 0.3) is 0 Å². The zero-order valence-electron chi connectivity index (χ0n) is 9.56. The predicted molar refractivity (Wildman–Crippen MR) is 75.7 cm³/mol. The number of hydrogen-bond donors (Lipinski definition) is 1. The molecule has 1 aliphatic heterocycles. The molecular formula is C14H15NS2. The van der Waals surface area contributed by atoms with Crippen LogP contribution in [0.3, 0.4) is 0 Å². The molecule has 1 N–H and O–H groups in total. The molecule has 17 heavy (non-hydrogen) atoms. The Labute approximate surface area is 110 Å². The number of rotatable bonds is 3. The molecule has 2 aromatic rings. The van der Waals surface area contributed by atoms with Crippen molar-refractivity contribution < 1.29 is 0 Å². The van der Waals surface area contributed by atoms with Crippen LogP contribution in [0.15, 0.2) is 46.7 Å². The molecule has 0 aliphatic carbocycles. The zero-order valence-corrected chi connectivity index (χ0v) is 11.2. The minimum absolute atomic E-state index is 0.523. The summed E-state index contributed by atoms with van der Waals surface area (Å²) in [6, 6.07) is 13.6. The molecule has 0 bridgehead atoms. The molecule has 1 unspecified atom stereocenters. The van der Waals surface area contributed by atoms with Crippen LogP contribution < -0.4 is 5.32 Å². The molecule has 0 fully saturated rings. The lowest BCUT2D eigenvalue weighted by atomic mass is 10.0. The van der Waals surface area contributed by atoms with Crippen molar-refractivity contribution in [3.05, 3.63) is 52.2 Å². The second-order valence-electron chi connectivity index (χ2n) is 4.19. The van der Waals surface area contributed by atoms with Crippen LogP contribution in [0.4, 0.5) is 0 Å². The summed E-state index contributed by atoms with van der Waals surface area (Å²) in [6.45, 7) is 0.987. The Morgan fingerprint density at radius 3 is 3.00 bits per heavy atom. The van der Waals surface area contributed by atoms with Crippen LogP contribution in [0.2, 0.25) is 0 Å². The summed E-state index contributed by atoms with van der Waals surface area (Å²) < 4.78 is 0. The first-order chi connectivity index (χ1) is 8.43. The molecule has 1 aliphatic rings. The van der Waals surface area contributed by atoms with Crippen LogP contribution in [0.1, 0.15) is 22.9 Å². The summed E-state index contributed by atoms with van der Waals surface area (Å²) in [5, 5.41) is 5.82. The normalized spacial score (nSPS) is 18.9. The third kappa shape index (κ3) is 2.57. The first-order valence-corrected chi connectivity index (χ1v) is 7.77. The molecule has 1 atom stereocenters. The van der Waals surface area contributed by atoms with E-state index >= 15 is 0 Å². The fourth-order valence-electron chi connectivity index (χ4n) is 2.19. The van der Waals surface area contributed by atoms with E-state index in [4.69, 9.17) is 0 Å². The van der Waals surface area contributed by atoms with Gasteiger partial charge in [0, 0.05) is 22.4 Å². The fraction of sp³-hybridized carbons (Fsp3) is 0.286. The molecule has 1 aromatic heterocycles. The maximum atomic E-state index is 3.68. The van der Waals surface area contributed by atoms with Gasteiger partial charge >= 0.3 is 0 Å². The average molecular weight is 261 g/mol. The highest BCUT2D eigenvalue weighted by Crippen LogP contribution is 2.35. The zero-order chi connectivity index (χ0) is 11.5. The van der Waals surface area contributed by atoms with Gasteiger partial charge in [-0.15, -0.1) is 23.1 Å². The van der Waals surface area contributed by atoms with Gasteiger partial charge in [-0.05, 0) is 35.2 Å². The van der Waals surface area contributed by atoms with E-state index in [1.54, 1.807) is 0 Å². The Kier molecular flexibility index (Phi) is 3.50. The van der Waals surface area contributed by atoms with Crippen LogP contribution in [0.5, 0.6) is 0 Å². The summed E-state index contributed by atoms with van der Waals surface area (Å²) in [6.07, 6.45) is 1.23. The highest BCUT2D eigenvalue weighted by Gasteiger charge is 2.19. The van der Waals surface area contributed by atoms with Gasteiger partial charge in [-0.3, -0.25) is 0 Å². The molecule has 0 spiro atoms. The van der Waals surface area contributed by atoms with Crippen molar-refractivity contribution in [2.75, 3.05) is 5.75 Å². The van der Waals surface area contributed by atoms with E-state index in [-0.39, 0.29) is 0 Å². The number of benzene rings is 1. The van der Waals surface area contributed by atoms with E-state index in [9.17, 15) is 0 Å². The van der Waals surface area contributed by atoms with E-state index in [0.717, 1.165) is 6.54 Å². The first kappa shape index (κ1) is 11.3. The Bertz CT molecular complexity index is 479. The van der Waals surface area contributed by atoms with Crippen LogP contribution >= 0.6 is 23.1 Å². The SMILES string of the molecule is c1csc(CNC2CCSc3ccccc32)c1. The van der Waals surface area contributed by atoms with Gasteiger partial charge in [-0.1, -0.05) is 24.3 Å². The van der Waals surface area contributed by atoms with Crippen molar-refractivity contribution >= 4 is 23.1 Å². The molecule has 3 heteroatoms. The molecule has 1 aromatic carbocycles. The van der Waals surface area contributed by atoms with Gasteiger partial charge in [0.05, 0.1) is 0 Å². The van der Waals surface area contributed by atoms with Crippen molar-refractivity contribution in [1.82, 2.24) is 5.32 Å².